The maximum absolute atomic E-state index is 12.1. The lowest BCUT2D eigenvalue weighted by Gasteiger charge is -2.25. The van der Waals surface area contributed by atoms with E-state index >= 15 is 0 Å². The van der Waals surface area contributed by atoms with Crippen molar-refractivity contribution in [1.29, 1.82) is 0 Å². The monoisotopic (exact) mass is 293 g/mol. The van der Waals surface area contributed by atoms with Crippen molar-refractivity contribution in [3.05, 3.63) is 23.3 Å². The molecule has 0 aliphatic rings. The quantitative estimate of drug-likeness (QED) is 0.778. The SMILES string of the molecule is CCN(CC)C(=O)CN(C)c1cc(C)c(N)c(C(=O)O)c1. The Kier molecular flexibility index (Phi) is 5.58. The zero-order valence-corrected chi connectivity index (χ0v) is 13.0. The lowest BCUT2D eigenvalue weighted by atomic mass is 10.1. The number of carbonyl (C=O) groups is 2. The van der Waals surface area contributed by atoms with Gasteiger partial charge in [0.15, 0.2) is 0 Å². The molecular formula is C15H23N3O3. The Balaban J connectivity index is 3.00. The van der Waals surface area contributed by atoms with Gasteiger partial charge in [-0.15, -0.1) is 0 Å². The highest BCUT2D eigenvalue weighted by atomic mass is 16.4. The van der Waals surface area contributed by atoms with Crippen LogP contribution in [0.5, 0.6) is 0 Å². The number of benzene rings is 1. The average Bonchev–Trinajstić information content (AvgIpc) is 2.42. The summed E-state index contributed by atoms with van der Waals surface area (Å²) in [6.45, 7) is 7.12. The highest BCUT2D eigenvalue weighted by molar-refractivity contribution is 5.96. The zero-order valence-electron chi connectivity index (χ0n) is 13.0. The van der Waals surface area contributed by atoms with Crippen LogP contribution in [-0.4, -0.2) is 48.6 Å². The number of rotatable bonds is 6. The van der Waals surface area contributed by atoms with E-state index in [1.54, 1.807) is 29.8 Å². The number of hydrogen-bond donors (Lipinski definition) is 2. The highest BCUT2D eigenvalue weighted by Crippen LogP contribution is 2.25. The summed E-state index contributed by atoms with van der Waals surface area (Å²) in [5.41, 5.74) is 7.45. The molecule has 0 saturated carbocycles. The Hall–Kier alpha value is -2.24. The van der Waals surface area contributed by atoms with Gasteiger partial charge in [0.25, 0.3) is 0 Å². The van der Waals surface area contributed by atoms with Gasteiger partial charge in [-0.05, 0) is 38.5 Å². The first-order valence-corrected chi connectivity index (χ1v) is 6.94. The molecule has 0 radical (unpaired) electrons. The Morgan fingerprint density at radius 1 is 1.24 bits per heavy atom. The van der Waals surface area contributed by atoms with Crippen molar-refractivity contribution >= 4 is 23.3 Å². The van der Waals surface area contributed by atoms with Crippen LogP contribution in [0.3, 0.4) is 0 Å². The Bertz CT molecular complexity index is 539. The summed E-state index contributed by atoms with van der Waals surface area (Å²) in [6, 6.07) is 3.29. The van der Waals surface area contributed by atoms with Gasteiger partial charge in [-0.25, -0.2) is 4.79 Å². The van der Waals surface area contributed by atoms with Crippen LogP contribution in [0.25, 0.3) is 0 Å². The van der Waals surface area contributed by atoms with Gasteiger partial charge in [0.1, 0.15) is 0 Å². The normalized spacial score (nSPS) is 10.3. The highest BCUT2D eigenvalue weighted by Gasteiger charge is 2.16. The second-order valence-electron chi connectivity index (χ2n) is 4.95. The third-order valence-corrected chi connectivity index (χ3v) is 3.53. The number of aryl methyl sites for hydroxylation is 1. The number of nitrogen functional groups attached to an aromatic ring is 1. The molecule has 1 aromatic carbocycles. The molecule has 1 rings (SSSR count). The minimum absolute atomic E-state index is 0.00820. The molecule has 0 fully saturated rings. The van der Waals surface area contributed by atoms with E-state index in [2.05, 4.69) is 0 Å². The minimum Gasteiger partial charge on any atom is -0.478 e. The molecule has 116 valence electrons. The van der Waals surface area contributed by atoms with E-state index in [9.17, 15) is 9.59 Å². The van der Waals surface area contributed by atoms with Crippen LogP contribution in [0.2, 0.25) is 0 Å². The first kappa shape index (κ1) is 16.8. The van der Waals surface area contributed by atoms with Gasteiger partial charge < -0.3 is 20.6 Å². The number of carbonyl (C=O) groups excluding carboxylic acids is 1. The molecule has 1 amide bonds. The van der Waals surface area contributed by atoms with Crippen LogP contribution in [0.15, 0.2) is 12.1 Å². The fourth-order valence-corrected chi connectivity index (χ4v) is 2.15. The van der Waals surface area contributed by atoms with E-state index in [0.29, 0.717) is 24.3 Å². The maximum Gasteiger partial charge on any atom is 0.337 e. The van der Waals surface area contributed by atoms with Crippen molar-refractivity contribution < 1.29 is 14.7 Å². The molecule has 0 spiro atoms. The van der Waals surface area contributed by atoms with Crippen LogP contribution < -0.4 is 10.6 Å². The second-order valence-corrected chi connectivity index (χ2v) is 4.95. The van der Waals surface area contributed by atoms with E-state index in [-0.39, 0.29) is 23.7 Å². The van der Waals surface area contributed by atoms with Crippen molar-refractivity contribution in [2.45, 2.75) is 20.8 Å². The van der Waals surface area contributed by atoms with Crippen molar-refractivity contribution in [2.24, 2.45) is 0 Å². The fraction of sp³-hybridized carbons (Fsp3) is 0.467. The lowest BCUT2D eigenvalue weighted by Crippen LogP contribution is -2.38. The summed E-state index contributed by atoms with van der Waals surface area (Å²) in [4.78, 5) is 26.8. The number of hydrogen-bond acceptors (Lipinski definition) is 4. The molecule has 0 bridgehead atoms. The van der Waals surface area contributed by atoms with Gasteiger partial charge in [-0.2, -0.15) is 0 Å². The minimum atomic E-state index is -1.07. The summed E-state index contributed by atoms with van der Waals surface area (Å²) < 4.78 is 0. The Morgan fingerprint density at radius 2 is 1.81 bits per heavy atom. The molecule has 0 heterocycles. The Morgan fingerprint density at radius 3 is 2.29 bits per heavy atom. The summed E-state index contributed by atoms with van der Waals surface area (Å²) in [7, 11) is 1.76. The fourth-order valence-electron chi connectivity index (χ4n) is 2.15. The van der Waals surface area contributed by atoms with E-state index in [1.807, 2.05) is 13.8 Å². The first-order chi connectivity index (χ1) is 9.81. The molecule has 3 N–H and O–H groups in total. The Labute approximate surface area is 125 Å². The molecule has 0 atom stereocenters. The molecule has 21 heavy (non-hydrogen) atoms. The van der Waals surface area contributed by atoms with Crippen molar-refractivity contribution in [3.63, 3.8) is 0 Å². The average molecular weight is 293 g/mol. The largest absolute Gasteiger partial charge is 0.478 e. The number of anilines is 2. The number of amides is 1. The number of carboxylic acid groups (broad SMARTS) is 1. The predicted molar refractivity (Wildman–Crippen MR) is 83.7 cm³/mol. The van der Waals surface area contributed by atoms with Crippen LogP contribution >= 0.6 is 0 Å². The number of nitrogens with two attached hydrogens (primary N) is 1. The van der Waals surface area contributed by atoms with E-state index in [4.69, 9.17) is 10.8 Å². The topological polar surface area (TPSA) is 86.9 Å². The maximum atomic E-state index is 12.1. The molecule has 6 nitrogen and oxygen atoms in total. The van der Waals surface area contributed by atoms with E-state index in [1.165, 1.54) is 6.07 Å². The molecule has 6 heteroatoms. The molecular weight excluding hydrogens is 270 g/mol. The standard InChI is InChI=1S/C15H23N3O3/c1-5-18(6-2)13(19)9-17(4)11-7-10(3)14(16)12(8-11)15(20)21/h7-8H,5-6,9,16H2,1-4H3,(H,20,21). The molecule has 0 aromatic heterocycles. The van der Waals surface area contributed by atoms with Gasteiger partial charge in [0, 0.05) is 31.5 Å². The van der Waals surface area contributed by atoms with Crippen molar-refractivity contribution in [2.75, 3.05) is 37.3 Å². The van der Waals surface area contributed by atoms with Crippen LogP contribution in [0, 0.1) is 6.92 Å². The predicted octanol–water partition coefficient (Wildman–Crippen LogP) is 1.58. The molecule has 0 saturated heterocycles. The summed E-state index contributed by atoms with van der Waals surface area (Å²) >= 11 is 0. The van der Waals surface area contributed by atoms with E-state index < -0.39 is 5.97 Å². The second kappa shape index (κ2) is 6.97. The van der Waals surface area contributed by atoms with Gasteiger partial charge in [0.2, 0.25) is 5.91 Å². The lowest BCUT2D eigenvalue weighted by molar-refractivity contribution is -0.129. The number of aromatic carboxylic acids is 1. The molecule has 0 unspecified atom stereocenters. The number of nitrogens with zero attached hydrogens (tertiary/aromatic N) is 2. The van der Waals surface area contributed by atoms with Gasteiger partial charge in [-0.1, -0.05) is 0 Å². The van der Waals surface area contributed by atoms with Crippen LogP contribution in [0.4, 0.5) is 11.4 Å². The van der Waals surface area contributed by atoms with Gasteiger partial charge >= 0.3 is 5.97 Å². The zero-order chi connectivity index (χ0) is 16.2. The van der Waals surface area contributed by atoms with Crippen molar-refractivity contribution in [1.82, 2.24) is 4.90 Å². The molecule has 0 aliphatic heterocycles. The summed E-state index contributed by atoms with van der Waals surface area (Å²) in [6.07, 6.45) is 0. The third-order valence-electron chi connectivity index (χ3n) is 3.53. The van der Waals surface area contributed by atoms with E-state index in [0.717, 1.165) is 0 Å². The van der Waals surface area contributed by atoms with Gasteiger partial charge in [-0.3, -0.25) is 4.79 Å². The summed E-state index contributed by atoms with van der Waals surface area (Å²) in [5, 5.41) is 9.17. The van der Waals surface area contributed by atoms with Crippen LogP contribution in [-0.2, 0) is 4.79 Å². The third kappa shape index (κ3) is 3.87. The van der Waals surface area contributed by atoms with Gasteiger partial charge in [0.05, 0.1) is 12.1 Å². The van der Waals surface area contributed by atoms with Crippen molar-refractivity contribution in [3.8, 4) is 0 Å². The smallest absolute Gasteiger partial charge is 0.337 e. The summed E-state index contributed by atoms with van der Waals surface area (Å²) in [5.74, 6) is -1.06. The molecule has 0 aliphatic carbocycles. The van der Waals surface area contributed by atoms with Crippen LogP contribution in [0.1, 0.15) is 29.8 Å². The molecule has 1 aromatic rings. The first-order valence-electron chi connectivity index (χ1n) is 6.94. The number of likely N-dealkylation sites (N-methyl/N-ethyl adjacent to an activating group) is 2. The number of carboxylic acids is 1.